The predicted octanol–water partition coefficient (Wildman–Crippen LogP) is 0.570. The van der Waals surface area contributed by atoms with Crippen molar-refractivity contribution < 1.29 is 16.9 Å². The molecule has 1 atom stereocenters. The van der Waals surface area contributed by atoms with Crippen LogP contribution in [-0.2, 0) is 0 Å². The highest BCUT2D eigenvalue weighted by molar-refractivity contribution is 5.20. The summed E-state index contributed by atoms with van der Waals surface area (Å²) in [5.74, 6) is 0. The number of allylic oxidation sites excluding steroid dienone is 1. The van der Waals surface area contributed by atoms with Crippen molar-refractivity contribution in [1.29, 1.82) is 0 Å². The smallest absolute Gasteiger partial charge is 0.133 e. The van der Waals surface area contributed by atoms with Gasteiger partial charge in [-0.15, -0.1) is 0 Å². The molecule has 0 saturated carbocycles. The fourth-order valence-electron chi connectivity index (χ4n) is 1.97. The fraction of sp³-hybridized carbons (Fsp3) is 0.333. The summed E-state index contributed by atoms with van der Waals surface area (Å²) in [5, 5.41) is 0. The molecule has 0 N–H and O–H groups in total. The summed E-state index contributed by atoms with van der Waals surface area (Å²) >= 11 is 0. The molecule has 1 aromatic rings. The highest BCUT2D eigenvalue weighted by atomic mass is 35.5. The quantitative estimate of drug-likeness (QED) is 0.530. The molecule has 0 spiro atoms. The van der Waals surface area contributed by atoms with E-state index < -0.39 is 0 Å². The molecule has 0 aliphatic carbocycles. The van der Waals surface area contributed by atoms with Crippen LogP contribution in [0.3, 0.4) is 0 Å². The maximum Gasteiger partial charge on any atom is 0.133 e. The Kier molecular flexibility index (Phi) is 6.86. The largest absolute Gasteiger partial charge is 1.00 e. The van der Waals surface area contributed by atoms with Crippen molar-refractivity contribution in [2.75, 3.05) is 20.6 Å². The SMILES string of the molecule is C=CC(c1ccccc1)[N+](C)(C)CC=CC.[Cl-]. The van der Waals surface area contributed by atoms with Gasteiger partial charge in [-0.25, -0.2) is 0 Å². The lowest BCUT2D eigenvalue weighted by atomic mass is 10.0. The molecule has 0 saturated heterocycles. The number of halogens is 1. The third kappa shape index (κ3) is 4.37. The number of quaternary nitrogens is 1. The molecule has 94 valence electrons. The molecule has 0 bridgehead atoms. The van der Waals surface area contributed by atoms with Crippen molar-refractivity contribution in [2.45, 2.75) is 13.0 Å². The molecule has 1 unspecified atom stereocenters. The molecule has 0 fully saturated rings. The zero-order valence-electron chi connectivity index (χ0n) is 10.9. The van der Waals surface area contributed by atoms with Crippen LogP contribution >= 0.6 is 0 Å². The first-order valence-electron chi connectivity index (χ1n) is 5.73. The van der Waals surface area contributed by atoms with Crippen LogP contribution in [0, 0.1) is 0 Å². The van der Waals surface area contributed by atoms with Gasteiger partial charge < -0.3 is 16.9 Å². The highest BCUT2D eigenvalue weighted by Crippen LogP contribution is 2.25. The van der Waals surface area contributed by atoms with E-state index in [0.29, 0.717) is 6.04 Å². The summed E-state index contributed by atoms with van der Waals surface area (Å²) in [7, 11) is 4.47. The van der Waals surface area contributed by atoms with Gasteiger partial charge in [-0.1, -0.05) is 43.0 Å². The van der Waals surface area contributed by atoms with Gasteiger partial charge in [0.05, 0.1) is 20.6 Å². The molecular weight excluding hydrogens is 230 g/mol. The Hall–Kier alpha value is -1.05. The van der Waals surface area contributed by atoms with Crippen molar-refractivity contribution in [3.63, 3.8) is 0 Å². The molecule has 1 aromatic carbocycles. The summed E-state index contributed by atoms with van der Waals surface area (Å²) < 4.78 is 0.901. The van der Waals surface area contributed by atoms with Gasteiger partial charge in [0, 0.05) is 5.56 Å². The lowest BCUT2D eigenvalue weighted by molar-refractivity contribution is -0.908. The van der Waals surface area contributed by atoms with Crippen LogP contribution in [0.4, 0.5) is 0 Å². The van der Waals surface area contributed by atoms with Gasteiger partial charge >= 0.3 is 0 Å². The minimum atomic E-state index is 0. The molecular formula is C15H22ClN. The molecule has 1 nitrogen and oxygen atoms in total. The molecule has 2 heteroatoms. The van der Waals surface area contributed by atoms with Crippen LogP contribution in [0.25, 0.3) is 0 Å². The van der Waals surface area contributed by atoms with E-state index >= 15 is 0 Å². The number of hydrogen-bond donors (Lipinski definition) is 0. The summed E-state index contributed by atoms with van der Waals surface area (Å²) in [6, 6.07) is 10.9. The van der Waals surface area contributed by atoms with Crippen molar-refractivity contribution in [3.8, 4) is 0 Å². The van der Waals surface area contributed by atoms with Gasteiger partial charge in [-0.3, -0.25) is 0 Å². The molecule has 0 aromatic heterocycles. The Labute approximate surface area is 111 Å². The van der Waals surface area contributed by atoms with Crippen LogP contribution in [0.15, 0.2) is 55.1 Å². The molecule has 0 amide bonds. The Morgan fingerprint density at radius 1 is 1.24 bits per heavy atom. The Morgan fingerprint density at radius 2 is 1.82 bits per heavy atom. The van der Waals surface area contributed by atoms with E-state index in [0.717, 1.165) is 11.0 Å². The Bertz CT molecular complexity index is 354. The first kappa shape index (κ1) is 16.0. The monoisotopic (exact) mass is 251 g/mol. The number of hydrogen-bond acceptors (Lipinski definition) is 0. The topological polar surface area (TPSA) is 0 Å². The zero-order valence-corrected chi connectivity index (χ0v) is 11.7. The number of rotatable bonds is 5. The Balaban J connectivity index is 0.00000256. The van der Waals surface area contributed by atoms with Gasteiger partial charge in [-0.2, -0.15) is 0 Å². The van der Waals surface area contributed by atoms with Crippen LogP contribution < -0.4 is 12.4 Å². The third-order valence-corrected chi connectivity index (χ3v) is 2.93. The second-order valence-corrected chi connectivity index (χ2v) is 4.62. The molecule has 0 heterocycles. The van der Waals surface area contributed by atoms with Crippen molar-refractivity contribution in [1.82, 2.24) is 0 Å². The van der Waals surface area contributed by atoms with E-state index in [1.807, 2.05) is 6.08 Å². The van der Waals surface area contributed by atoms with Gasteiger partial charge in [0.2, 0.25) is 0 Å². The average molecular weight is 252 g/mol. The lowest BCUT2D eigenvalue weighted by Gasteiger charge is -2.35. The molecule has 0 aliphatic heterocycles. The summed E-state index contributed by atoms with van der Waals surface area (Å²) in [6.07, 6.45) is 6.35. The van der Waals surface area contributed by atoms with E-state index in [2.05, 4.69) is 70.1 Å². The first-order valence-corrected chi connectivity index (χ1v) is 5.73. The van der Waals surface area contributed by atoms with Crippen LogP contribution in [0.2, 0.25) is 0 Å². The van der Waals surface area contributed by atoms with Crippen LogP contribution in [0.5, 0.6) is 0 Å². The minimum absolute atomic E-state index is 0. The molecule has 17 heavy (non-hydrogen) atoms. The molecule has 0 aliphatic rings. The van der Waals surface area contributed by atoms with Gasteiger partial charge in [0.1, 0.15) is 6.04 Å². The second kappa shape index (κ2) is 7.31. The normalized spacial score (nSPS) is 13.1. The third-order valence-electron chi connectivity index (χ3n) is 2.93. The maximum atomic E-state index is 3.97. The van der Waals surface area contributed by atoms with Gasteiger partial charge in [0.15, 0.2) is 0 Å². The van der Waals surface area contributed by atoms with Gasteiger partial charge in [0.25, 0.3) is 0 Å². The van der Waals surface area contributed by atoms with Crippen molar-refractivity contribution in [3.05, 3.63) is 60.7 Å². The van der Waals surface area contributed by atoms with Crippen molar-refractivity contribution in [2.24, 2.45) is 0 Å². The maximum absolute atomic E-state index is 3.97. The summed E-state index contributed by atoms with van der Waals surface area (Å²) in [4.78, 5) is 0. The number of likely N-dealkylation sites (N-methyl/N-ethyl adjacent to an activating group) is 1. The first-order chi connectivity index (χ1) is 7.61. The second-order valence-electron chi connectivity index (χ2n) is 4.62. The van der Waals surface area contributed by atoms with Gasteiger partial charge in [-0.05, 0) is 19.1 Å². The fourth-order valence-corrected chi connectivity index (χ4v) is 1.97. The molecule has 1 rings (SSSR count). The predicted molar refractivity (Wildman–Crippen MR) is 71.2 cm³/mol. The summed E-state index contributed by atoms with van der Waals surface area (Å²) in [6.45, 7) is 7.05. The van der Waals surface area contributed by atoms with Crippen LogP contribution in [-0.4, -0.2) is 25.1 Å². The minimum Gasteiger partial charge on any atom is -1.00 e. The number of benzene rings is 1. The van der Waals surface area contributed by atoms with E-state index in [9.17, 15) is 0 Å². The van der Waals surface area contributed by atoms with E-state index in [4.69, 9.17) is 0 Å². The van der Waals surface area contributed by atoms with E-state index in [-0.39, 0.29) is 12.4 Å². The Morgan fingerprint density at radius 3 is 2.29 bits per heavy atom. The highest BCUT2D eigenvalue weighted by Gasteiger charge is 2.25. The van der Waals surface area contributed by atoms with Crippen LogP contribution in [0.1, 0.15) is 18.5 Å². The molecule has 0 radical (unpaired) electrons. The number of nitrogens with zero attached hydrogens (tertiary/aromatic N) is 1. The zero-order chi connectivity index (χ0) is 12.0. The van der Waals surface area contributed by atoms with Crippen molar-refractivity contribution >= 4 is 0 Å². The lowest BCUT2D eigenvalue weighted by Crippen LogP contribution is -3.00. The standard InChI is InChI=1S/C15H22N.ClH/c1-5-7-13-16(3,4)15(6-2)14-11-9-8-10-12-14;/h5-12,15H,2,13H2,1,3-4H3;1H/q+1;/p-1. The van der Waals surface area contributed by atoms with E-state index in [1.165, 1.54) is 5.56 Å². The van der Waals surface area contributed by atoms with E-state index in [1.54, 1.807) is 0 Å². The average Bonchev–Trinajstić information content (AvgIpc) is 2.28. The summed E-state index contributed by atoms with van der Waals surface area (Å²) in [5.41, 5.74) is 1.33.